The summed E-state index contributed by atoms with van der Waals surface area (Å²) in [5.74, 6) is 0. The topological polar surface area (TPSA) is 0 Å². The molecule has 0 amide bonds. The Morgan fingerprint density at radius 3 is 0.833 bits per heavy atom. The molecule has 0 nitrogen and oxygen atoms in total. The molecule has 0 bridgehead atoms. The molecule has 6 heteroatoms. The monoisotopic (exact) mass is 338 g/mol. The van der Waals surface area contributed by atoms with Crippen LogP contribution in [0.1, 0.15) is 0 Å². The van der Waals surface area contributed by atoms with Crippen molar-refractivity contribution in [3.63, 3.8) is 0 Å². The summed E-state index contributed by atoms with van der Waals surface area (Å²) in [6.45, 7) is 0. The Kier molecular flexibility index (Phi) is 87.5. The van der Waals surface area contributed by atoms with E-state index in [9.17, 15) is 0 Å². The van der Waals surface area contributed by atoms with Crippen LogP contribution in [0.15, 0.2) is 0 Å². The predicted octanol–water partition coefficient (Wildman–Crippen LogP) is 0.627. The maximum absolute atomic E-state index is 2.18. The van der Waals surface area contributed by atoms with Crippen molar-refractivity contribution in [3.8, 4) is 0 Å². The second kappa shape index (κ2) is 23.3. The summed E-state index contributed by atoms with van der Waals surface area (Å²) in [5.41, 5.74) is 0. The van der Waals surface area contributed by atoms with Gasteiger partial charge in [0.25, 0.3) is 0 Å². The molecule has 0 fully saturated rings. The molecule has 0 aliphatic heterocycles. The minimum Gasteiger partial charge on any atom is 0 e. The van der Waals surface area contributed by atoms with E-state index in [2.05, 4.69) is 40.7 Å². The molecule has 0 aliphatic carbocycles. The minimum absolute atomic E-state index is 0. The fourth-order valence-corrected chi connectivity index (χ4v) is 0. The Morgan fingerprint density at radius 1 is 0.833 bits per heavy atom. The van der Waals surface area contributed by atoms with E-state index in [-0.39, 0.29) is 56.6 Å². The molecule has 3 radical (unpaired) electrons. The molecule has 0 atom stereocenters. The van der Waals surface area contributed by atoms with E-state index in [0.29, 0.717) is 0 Å². The van der Waals surface area contributed by atoms with Crippen molar-refractivity contribution in [2.45, 2.75) is 0 Å². The van der Waals surface area contributed by atoms with Gasteiger partial charge in [-0.15, -0.1) is 0 Å². The van der Waals surface area contributed by atoms with E-state index in [1.54, 1.807) is 8.46 Å². The second-order valence-corrected chi connectivity index (χ2v) is 7.99. The van der Waals surface area contributed by atoms with Gasteiger partial charge in [0, 0.05) is 56.6 Å². The molecule has 0 aromatic heterocycles. The van der Waals surface area contributed by atoms with E-state index in [4.69, 9.17) is 0 Å². The summed E-state index contributed by atoms with van der Waals surface area (Å²) >= 11 is 4.36. The molecule has 0 unspecified atom stereocenters. The molecule has 0 aromatic rings. The van der Waals surface area contributed by atoms with Gasteiger partial charge in [-0.05, 0) is 0 Å². The van der Waals surface area contributed by atoms with Crippen LogP contribution >= 0.6 is 40.7 Å². The average molecular weight is 338 g/mol. The predicted molar refractivity (Wildman–Crippen MR) is 45.3 cm³/mol. The molecular weight excluding hydrogens is 338 g/mol. The molecule has 0 spiro atoms. The van der Waals surface area contributed by atoms with E-state index in [1.807, 2.05) is 0 Å². The van der Waals surface area contributed by atoms with E-state index < -0.39 is 0 Å². The van der Waals surface area contributed by atoms with E-state index in [1.165, 1.54) is 0 Å². The third-order valence-corrected chi connectivity index (χ3v) is 0. The first-order valence-electron chi connectivity index (χ1n) is 0.228. The number of hydrogen-bond donors (Lipinski definition) is 0. The van der Waals surface area contributed by atoms with Gasteiger partial charge in [-0.25, -0.2) is 0 Å². The smallest absolute Gasteiger partial charge is 0 e. The van der Waals surface area contributed by atoms with Gasteiger partial charge >= 0.3 is 49.1 Å². The van der Waals surface area contributed by atoms with Crippen molar-refractivity contribution >= 4 is 97.3 Å². The summed E-state index contributed by atoms with van der Waals surface area (Å²) in [7, 11) is 1.75. The van der Waals surface area contributed by atoms with Crippen LogP contribution in [0.4, 0.5) is 0 Å². The maximum atomic E-state index is 2.18. The van der Waals surface area contributed by atoms with Crippen LogP contribution < -0.4 is 0 Å². The molecule has 0 saturated carbocycles. The van der Waals surface area contributed by atoms with Crippen molar-refractivity contribution in [3.05, 3.63) is 0 Å². The zero-order valence-electron chi connectivity index (χ0n) is 4.06. The Hall–Kier alpha value is 3.77. The molecule has 0 aromatic carbocycles. The van der Waals surface area contributed by atoms with Crippen molar-refractivity contribution in [1.82, 2.24) is 0 Å². The third-order valence-electron chi connectivity index (χ3n) is 0. The van der Waals surface area contributed by atoms with Gasteiger partial charge in [0.15, 0.2) is 0 Å². The Labute approximate surface area is 103 Å². The zero-order chi connectivity index (χ0) is 2.71. The first kappa shape index (κ1) is 22.6. The normalized spacial score (nSPS) is 3.67. The van der Waals surface area contributed by atoms with Crippen molar-refractivity contribution < 1.29 is 8.46 Å². The molecule has 6 heavy (non-hydrogen) atoms. The Bertz CT molecular complexity index is 8.75. The van der Waals surface area contributed by atoms with Gasteiger partial charge in [-0.2, -0.15) is 0 Å². The fourth-order valence-electron chi connectivity index (χ4n) is 0. The SMILES string of the molecule is [I][Cu][I].[Li].[Li].[Li]. The summed E-state index contributed by atoms with van der Waals surface area (Å²) < 4.78 is 0. The van der Waals surface area contributed by atoms with E-state index >= 15 is 0 Å². The number of rotatable bonds is 0. The van der Waals surface area contributed by atoms with Crippen LogP contribution in [0, 0.1) is 0 Å². The average Bonchev–Trinajstić information content (AvgIpc) is 0.918. The van der Waals surface area contributed by atoms with Crippen LogP contribution in [-0.4, -0.2) is 56.6 Å². The summed E-state index contributed by atoms with van der Waals surface area (Å²) in [6.07, 6.45) is 0. The molecule has 0 heterocycles. The number of halogens is 2. The van der Waals surface area contributed by atoms with Gasteiger partial charge in [-0.1, -0.05) is 0 Å². The fraction of sp³-hybridized carbons (Fsp3) is 0. The Morgan fingerprint density at radius 2 is 0.833 bits per heavy atom. The van der Waals surface area contributed by atoms with Crippen LogP contribution in [0.3, 0.4) is 0 Å². The van der Waals surface area contributed by atoms with Gasteiger partial charge < -0.3 is 0 Å². The van der Waals surface area contributed by atoms with Crippen molar-refractivity contribution in [1.29, 1.82) is 0 Å². The zero-order valence-corrected chi connectivity index (χ0v) is 9.31. The van der Waals surface area contributed by atoms with E-state index in [0.717, 1.165) is 0 Å². The molecular formula is CuI2Li3. The van der Waals surface area contributed by atoms with Crippen molar-refractivity contribution in [2.24, 2.45) is 0 Å². The Balaban J connectivity index is -0.00000000667. The van der Waals surface area contributed by atoms with Gasteiger partial charge in [0.1, 0.15) is 0 Å². The van der Waals surface area contributed by atoms with Gasteiger partial charge in [0.2, 0.25) is 0 Å². The first-order valence-corrected chi connectivity index (χ1v) is 6.30. The van der Waals surface area contributed by atoms with Crippen LogP contribution in [0.2, 0.25) is 0 Å². The van der Waals surface area contributed by atoms with Crippen molar-refractivity contribution in [2.75, 3.05) is 0 Å². The van der Waals surface area contributed by atoms with Crippen LogP contribution in [0.5, 0.6) is 0 Å². The quantitative estimate of drug-likeness (QED) is 0.449. The first-order chi connectivity index (χ1) is 1.41. The summed E-state index contributed by atoms with van der Waals surface area (Å²) in [6, 6.07) is 0. The summed E-state index contributed by atoms with van der Waals surface area (Å²) in [4.78, 5) is 0. The van der Waals surface area contributed by atoms with Crippen LogP contribution in [0.25, 0.3) is 0 Å². The van der Waals surface area contributed by atoms with Crippen LogP contribution in [-0.2, 0) is 8.46 Å². The molecule has 0 aliphatic rings. The standard InChI is InChI=1S/Cu.2HI.3Li/h;2*1H;;;/q+2;;;;;/p-2. The molecule has 0 rings (SSSR count). The molecule has 0 saturated heterocycles. The van der Waals surface area contributed by atoms with Gasteiger partial charge in [-0.3, -0.25) is 0 Å². The van der Waals surface area contributed by atoms with Gasteiger partial charge in [0.05, 0.1) is 0 Å². The molecule has 28 valence electrons. The largest absolute Gasteiger partial charge is 0 e. The second-order valence-electron chi connectivity index (χ2n) is 0.0431. The summed E-state index contributed by atoms with van der Waals surface area (Å²) in [5, 5.41) is 0. The number of hydrogen-bond acceptors (Lipinski definition) is 0. The maximum Gasteiger partial charge on any atom is 0 e. The third kappa shape index (κ3) is 25.1. The molecule has 0 N–H and O–H groups in total. The minimum atomic E-state index is 0.